The average molecular weight is 499 g/mol. The largest absolute Gasteiger partial charge is 0.396 e. The lowest BCUT2D eigenvalue weighted by atomic mass is 9.93. The zero-order valence-corrected chi connectivity index (χ0v) is 22.0. The molecule has 1 saturated heterocycles. The van der Waals surface area contributed by atoms with Crippen LogP contribution in [0.1, 0.15) is 57.1 Å². The number of anilines is 1. The molecule has 1 aliphatic rings. The van der Waals surface area contributed by atoms with Gasteiger partial charge in [0.15, 0.2) is 5.82 Å². The molecule has 0 aliphatic carbocycles. The van der Waals surface area contributed by atoms with E-state index in [1.54, 1.807) is 12.3 Å². The molecule has 0 bridgehead atoms. The topological polar surface area (TPSA) is 106 Å². The Morgan fingerprint density at radius 1 is 1.24 bits per heavy atom. The number of rotatable bonds is 7. The van der Waals surface area contributed by atoms with Crippen LogP contribution in [0.15, 0.2) is 37.0 Å². The number of nitrogens with zero attached hydrogens (tertiary/aromatic N) is 6. The van der Waals surface area contributed by atoms with Crippen LogP contribution in [-0.4, -0.2) is 63.1 Å². The average Bonchev–Trinajstić information content (AvgIpc) is 2.91. The maximum absolute atomic E-state index is 12.6. The van der Waals surface area contributed by atoms with Crippen LogP contribution in [0.2, 0.25) is 0 Å². The lowest BCUT2D eigenvalue weighted by Gasteiger charge is -2.44. The third kappa shape index (κ3) is 5.18. The summed E-state index contributed by atoms with van der Waals surface area (Å²) in [5.41, 5.74) is 4.04. The molecule has 8 nitrogen and oxygen atoms in total. The van der Waals surface area contributed by atoms with Crippen molar-refractivity contribution in [3.05, 3.63) is 54.1 Å². The Hall–Kier alpha value is -3.83. The van der Waals surface area contributed by atoms with E-state index in [1.807, 2.05) is 29.2 Å². The fourth-order valence-corrected chi connectivity index (χ4v) is 5.02. The number of pyridine rings is 1. The third-order valence-corrected chi connectivity index (χ3v) is 6.95. The van der Waals surface area contributed by atoms with Crippen LogP contribution in [0.5, 0.6) is 0 Å². The van der Waals surface area contributed by atoms with Crippen molar-refractivity contribution in [2.75, 3.05) is 31.1 Å². The van der Waals surface area contributed by atoms with Crippen LogP contribution in [0.25, 0.3) is 28.1 Å². The van der Waals surface area contributed by atoms with Crippen LogP contribution in [0.4, 0.5) is 5.82 Å². The predicted molar refractivity (Wildman–Crippen MR) is 146 cm³/mol. The number of amides is 1. The Kier molecular flexibility index (Phi) is 7.84. The van der Waals surface area contributed by atoms with Crippen molar-refractivity contribution in [3.8, 4) is 17.2 Å². The molecule has 3 aromatic rings. The highest BCUT2D eigenvalue weighted by Crippen LogP contribution is 2.36. The maximum atomic E-state index is 12.6. The number of fused-ring (bicyclic) bond motifs is 1. The van der Waals surface area contributed by atoms with E-state index in [9.17, 15) is 15.2 Å². The van der Waals surface area contributed by atoms with Gasteiger partial charge in [0.05, 0.1) is 29.4 Å². The highest BCUT2D eigenvalue weighted by atomic mass is 16.3. The molecule has 192 valence electrons. The van der Waals surface area contributed by atoms with Crippen LogP contribution in [0, 0.1) is 17.2 Å². The molecule has 1 fully saturated rings. The molecule has 8 heteroatoms. The number of benzene rings is 1. The van der Waals surface area contributed by atoms with Crippen molar-refractivity contribution in [2.45, 2.75) is 46.1 Å². The first kappa shape index (κ1) is 26.2. The second-order valence-electron chi connectivity index (χ2n) is 10.0. The van der Waals surface area contributed by atoms with Crippen molar-refractivity contribution < 1.29 is 9.90 Å². The van der Waals surface area contributed by atoms with Crippen molar-refractivity contribution in [1.29, 1.82) is 5.26 Å². The molecule has 1 aromatic carbocycles. The minimum Gasteiger partial charge on any atom is -0.396 e. The van der Waals surface area contributed by atoms with Gasteiger partial charge in [0, 0.05) is 43.2 Å². The van der Waals surface area contributed by atoms with Gasteiger partial charge in [0.2, 0.25) is 5.91 Å². The van der Waals surface area contributed by atoms with Crippen LogP contribution < -0.4 is 4.90 Å². The van der Waals surface area contributed by atoms with E-state index >= 15 is 0 Å². The molecule has 0 spiro atoms. The second kappa shape index (κ2) is 11.1. The van der Waals surface area contributed by atoms with Gasteiger partial charge in [-0.15, -0.1) is 0 Å². The fourth-order valence-electron chi connectivity index (χ4n) is 5.02. The van der Waals surface area contributed by atoms with Crippen molar-refractivity contribution in [2.24, 2.45) is 5.92 Å². The molecule has 0 unspecified atom stereocenters. The summed E-state index contributed by atoms with van der Waals surface area (Å²) in [6.45, 7) is 13.7. The van der Waals surface area contributed by atoms with Gasteiger partial charge in [0.25, 0.3) is 0 Å². The summed E-state index contributed by atoms with van der Waals surface area (Å²) in [6, 6.07) is 10.2. The van der Waals surface area contributed by atoms with Gasteiger partial charge in [-0.05, 0) is 35.6 Å². The summed E-state index contributed by atoms with van der Waals surface area (Å²) >= 11 is 0. The summed E-state index contributed by atoms with van der Waals surface area (Å²) in [5, 5.41) is 20.3. The molecule has 1 amide bonds. The van der Waals surface area contributed by atoms with E-state index in [2.05, 4.69) is 55.2 Å². The molecular weight excluding hydrogens is 464 g/mol. The first-order valence-electron chi connectivity index (χ1n) is 12.8. The van der Waals surface area contributed by atoms with Crippen LogP contribution in [0.3, 0.4) is 0 Å². The van der Waals surface area contributed by atoms with E-state index in [0.29, 0.717) is 36.8 Å². The number of carbonyl (C=O) groups excluding carboxylic acids is 1. The minimum atomic E-state index is -0.155. The summed E-state index contributed by atoms with van der Waals surface area (Å²) in [6.07, 6.45) is 3.55. The van der Waals surface area contributed by atoms with Gasteiger partial charge >= 0.3 is 0 Å². The molecule has 2 aromatic heterocycles. The second-order valence-corrected chi connectivity index (χ2v) is 10.0. The number of aliphatic hydroxyl groups is 1. The molecule has 3 heterocycles. The van der Waals surface area contributed by atoms with Crippen molar-refractivity contribution >= 4 is 28.7 Å². The van der Waals surface area contributed by atoms with E-state index in [-0.39, 0.29) is 36.8 Å². The smallest absolute Gasteiger partial charge is 0.225 e. The molecular formula is C29H34N6O2. The molecule has 1 N–H and O–H groups in total. The Morgan fingerprint density at radius 2 is 2.03 bits per heavy atom. The molecule has 0 radical (unpaired) electrons. The Balaban J connectivity index is 1.79. The predicted octanol–water partition coefficient (Wildman–Crippen LogP) is 4.39. The number of aliphatic hydroxyl groups excluding tert-OH is 1. The van der Waals surface area contributed by atoms with Gasteiger partial charge in [-0.25, -0.2) is 15.0 Å². The lowest BCUT2D eigenvalue weighted by Crippen LogP contribution is -2.57. The molecule has 0 saturated carbocycles. The first-order valence-corrected chi connectivity index (χ1v) is 12.8. The minimum absolute atomic E-state index is 0.0300. The van der Waals surface area contributed by atoms with Gasteiger partial charge in [0.1, 0.15) is 11.9 Å². The van der Waals surface area contributed by atoms with Crippen molar-refractivity contribution in [1.82, 2.24) is 19.9 Å². The number of nitriles is 1. The Bertz CT molecular complexity index is 1360. The number of hydrogen-bond donors (Lipinski definition) is 1. The zero-order chi connectivity index (χ0) is 26.7. The normalized spacial score (nSPS) is 15.9. The summed E-state index contributed by atoms with van der Waals surface area (Å²) in [4.78, 5) is 30.7. The Morgan fingerprint density at radius 3 is 2.68 bits per heavy atom. The molecule has 1 aliphatic heterocycles. The van der Waals surface area contributed by atoms with E-state index in [0.717, 1.165) is 27.7 Å². The van der Waals surface area contributed by atoms with Crippen molar-refractivity contribution in [3.63, 3.8) is 0 Å². The highest BCUT2D eigenvalue weighted by molar-refractivity contribution is 5.95. The van der Waals surface area contributed by atoms with Gasteiger partial charge in [-0.2, -0.15) is 5.26 Å². The number of carbonyl (C=O) groups is 1. The van der Waals surface area contributed by atoms with Gasteiger partial charge in [-0.1, -0.05) is 46.4 Å². The van der Waals surface area contributed by atoms with Gasteiger partial charge < -0.3 is 14.9 Å². The monoisotopic (exact) mass is 498 g/mol. The lowest BCUT2D eigenvalue weighted by molar-refractivity contribution is -0.135. The Labute approximate surface area is 218 Å². The molecule has 1 atom stereocenters. The van der Waals surface area contributed by atoms with E-state index in [4.69, 9.17) is 4.98 Å². The fraction of sp³-hybridized carbons (Fsp3) is 0.414. The standard InChI is InChI=1S/C29H34N6O2/c1-6-26-31-16-23-21(8-7-9-24(23)32-26)22-14-20(15-30)29(33-28(22)19(4)5)34-11-12-35(27(37)10-13-36)25(17-34)18(2)3/h6-9,14,16,18-19,25,36H,1,10-13,17H2,2-5H3/t25-/m0/s1. The number of piperazine rings is 1. The highest BCUT2D eigenvalue weighted by Gasteiger charge is 2.34. The third-order valence-electron chi connectivity index (χ3n) is 6.95. The zero-order valence-electron chi connectivity index (χ0n) is 22.0. The van der Waals surface area contributed by atoms with E-state index in [1.165, 1.54) is 0 Å². The summed E-state index contributed by atoms with van der Waals surface area (Å²) < 4.78 is 0. The van der Waals surface area contributed by atoms with Crippen LogP contribution in [-0.2, 0) is 4.79 Å². The first-order chi connectivity index (χ1) is 17.8. The summed E-state index contributed by atoms with van der Waals surface area (Å²) in [5.74, 6) is 1.51. The molecule has 37 heavy (non-hydrogen) atoms. The number of hydrogen-bond acceptors (Lipinski definition) is 7. The number of aromatic nitrogens is 3. The SMILES string of the molecule is C=Cc1ncc2c(-c3cc(C#N)c(N4CCN(C(=O)CCO)[C@H](C(C)C)C4)nc3C(C)C)cccc2n1. The molecule has 4 rings (SSSR count). The summed E-state index contributed by atoms with van der Waals surface area (Å²) in [7, 11) is 0. The quantitative estimate of drug-likeness (QED) is 0.515. The van der Waals surface area contributed by atoms with E-state index < -0.39 is 0 Å². The van der Waals surface area contributed by atoms with Gasteiger partial charge in [-0.3, -0.25) is 4.79 Å². The van der Waals surface area contributed by atoms with Crippen LogP contribution >= 0.6 is 0 Å². The maximum Gasteiger partial charge on any atom is 0.225 e.